The first-order valence-corrected chi connectivity index (χ1v) is 10.0. The van der Waals surface area contributed by atoms with E-state index in [0.29, 0.717) is 5.95 Å². The van der Waals surface area contributed by atoms with Crippen molar-refractivity contribution < 1.29 is 5.11 Å². The molecule has 4 rings (SSSR count). The van der Waals surface area contributed by atoms with Crippen LogP contribution in [0.2, 0.25) is 0 Å². The molecule has 0 amide bonds. The lowest BCUT2D eigenvalue weighted by Gasteiger charge is -2.43. The normalized spacial score (nSPS) is 19.0. The molecule has 28 heavy (non-hydrogen) atoms. The minimum Gasteiger partial charge on any atom is -0.389 e. The molecule has 2 heterocycles. The van der Waals surface area contributed by atoms with Crippen molar-refractivity contribution in [3.05, 3.63) is 54.7 Å². The van der Waals surface area contributed by atoms with E-state index in [1.807, 2.05) is 24.4 Å². The predicted molar refractivity (Wildman–Crippen MR) is 114 cm³/mol. The molecule has 0 radical (unpaired) electrons. The Bertz CT molecular complexity index is 966. The van der Waals surface area contributed by atoms with Gasteiger partial charge >= 0.3 is 0 Å². The fourth-order valence-electron chi connectivity index (χ4n) is 4.05. The molecule has 2 atom stereocenters. The molecule has 1 unspecified atom stereocenters. The molecule has 5 heteroatoms. The molecule has 2 aromatic carbocycles. The maximum atomic E-state index is 10.4. The molecule has 1 fully saturated rings. The molecule has 5 nitrogen and oxygen atoms in total. The lowest BCUT2D eigenvalue weighted by molar-refractivity contribution is 0.0386. The van der Waals surface area contributed by atoms with E-state index in [0.717, 1.165) is 37.1 Å². The Morgan fingerprint density at radius 1 is 1.11 bits per heavy atom. The van der Waals surface area contributed by atoms with Crippen LogP contribution in [0.15, 0.2) is 54.7 Å². The van der Waals surface area contributed by atoms with Crippen LogP contribution in [0, 0.1) is 0 Å². The van der Waals surface area contributed by atoms with Crippen molar-refractivity contribution in [1.82, 2.24) is 9.97 Å². The summed E-state index contributed by atoms with van der Waals surface area (Å²) < 4.78 is 0. The minimum absolute atomic E-state index is 0.0283. The Hall–Kier alpha value is -2.50. The first kappa shape index (κ1) is 18.8. The third-order valence-corrected chi connectivity index (χ3v) is 5.72. The van der Waals surface area contributed by atoms with E-state index in [9.17, 15) is 5.11 Å². The summed E-state index contributed by atoms with van der Waals surface area (Å²) in [6, 6.07) is 16.3. The molecule has 1 aliphatic rings. The van der Waals surface area contributed by atoms with Crippen molar-refractivity contribution in [3.63, 3.8) is 0 Å². The fourth-order valence-corrected chi connectivity index (χ4v) is 4.05. The van der Waals surface area contributed by atoms with Crippen molar-refractivity contribution >= 4 is 16.7 Å². The summed E-state index contributed by atoms with van der Waals surface area (Å²) in [5.41, 5.74) is 7.44. The smallest absolute Gasteiger partial charge is 0.226 e. The number of aromatic nitrogens is 2. The number of benzene rings is 2. The number of hydrogen-bond donors (Lipinski definition) is 2. The zero-order chi connectivity index (χ0) is 19.7. The molecule has 3 N–H and O–H groups in total. The summed E-state index contributed by atoms with van der Waals surface area (Å²) >= 11 is 0. The molecular weight excluding hydrogens is 348 g/mol. The fraction of sp³-hybridized carbons (Fsp3) is 0.391. The summed E-state index contributed by atoms with van der Waals surface area (Å²) in [7, 11) is 0. The highest BCUT2D eigenvalue weighted by atomic mass is 16.3. The van der Waals surface area contributed by atoms with E-state index in [-0.39, 0.29) is 12.1 Å². The van der Waals surface area contributed by atoms with Crippen LogP contribution in [0.1, 0.15) is 33.1 Å². The zero-order valence-electron chi connectivity index (χ0n) is 16.5. The second-order valence-electron chi connectivity index (χ2n) is 8.24. The first-order chi connectivity index (χ1) is 13.4. The summed E-state index contributed by atoms with van der Waals surface area (Å²) in [6.07, 6.45) is 4.94. The standard InChI is InChI=1S/C23H28N4O/c1-23(2,28)21(24)20-9-5-6-14-27(20)22-25-13-12-19(26-22)18-11-10-16-7-3-4-8-17(16)15-18/h3-4,7-8,10-13,15,20-21,28H,5-6,9,14,24H2,1-2H3/t20?,21-/m1/s1. The van der Waals surface area contributed by atoms with Crippen molar-refractivity contribution in [2.45, 2.75) is 50.8 Å². The minimum atomic E-state index is -0.948. The van der Waals surface area contributed by atoms with Gasteiger partial charge in [-0.3, -0.25) is 0 Å². The van der Waals surface area contributed by atoms with Crippen LogP contribution in [0.4, 0.5) is 5.95 Å². The van der Waals surface area contributed by atoms with Crippen LogP contribution in [-0.4, -0.2) is 39.3 Å². The predicted octanol–water partition coefficient (Wildman–Crippen LogP) is 3.75. The molecule has 0 aliphatic carbocycles. The van der Waals surface area contributed by atoms with E-state index >= 15 is 0 Å². The summed E-state index contributed by atoms with van der Waals surface area (Å²) in [5, 5.41) is 12.9. The Labute approximate surface area is 166 Å². The number of nitrogens with zero attached hydrogens (tertiary/aromatic N) is 3. The Morgan fingerprint density at radius 3 is 2.68 bits per heavy atom. The van der Waals surface area contributed by atoms with Crippen molar-refractivity contribution in [2.24, 2.45) is 5.73 Å². The van der Waals surface area contributed by atoms with Gasteiger partial charge in [0.05, 0.1) is 17.3 Å². The average molecular weight is 377 g/mol. The molecule has 0 spiro atoms. The van der Waals surface area contributed by atoms with Crippen molar-refractivity contribution in [1.29, 1.82) is 0 Å². The number of nitrogens with two attached hydrogens (primary N) is 1. The van der Waals surface area contributed by atoms with Gasteiger partial charge < -0.3 is 15.7 Å². The Kier molecular flexibility index (Phi) is 5.04. The first-order valence-electron chi connectivity index (χ1n) is 10.0. The van der Waals surface area contributed by atoms with Gasteiger partial charge in [-0.1, -0.05) is 36.4 Å². The van der Waals surface area contributed by atoms with Crippen LogP contribution in [-0.2, 0) is 0 Å². The van der Waals surface area contributed by atoms with Gasteiger partial charge in [-0.2, -0.15) is 0 Å². The lowest BCUT2D eigenvalue weighted by atomic mass is 9.87. The summed E-state index contributed by atoms with van der Waals surface area (Å²) in [5.74, 6) is 0.690. The van der Waals surface area contributed by atoms with Crippen LogP contribution in [0.5, 0.6) is 0 Å². The number of anilines is 1. The molecule has 3 aromatic rings. The maximum absolute atomic E-state index is 10.4. The summed E-state index contributed by atoms with van der Waals surface area (Å²) in [4.78, 5) is 11.6. The molecular formula is C23H28N4O. The summed E-state index contributed by atoms with van der Waals surface area (Å²) in [6.45, 7) is 4.41. The van der Waals surface area contributed by atoms with Gasteiger partial charge in [-0.25, -0.2) is 9.97 Å². The largest absolute Gasteiger partial charge is 0.389 e. The molecule has 1 aliphatic heterocycles. The van der Waals surface area contributed by atoms with Gasteiger partial charge in [-0.15, -0.1) is 0 Å². The number of rotatable bonds is 4. The van der Waals surface area contributed by atoms with E-state index in [4.69, 9.17) is 10.7 Å². The average Bonchev–Trinajstić information content (AvgIpc) is 2.72. The maximum Gasteiger partial charge on any atom is 0.226 e. The zero-order valence-corrected chi connectivity index (χ0v) is 16.5. The molecule has 0 saturated carbocycles. The van der Waals surface area contributed by atoms with Crippen LogP contribution in [0.25, 0.3) is 22.0 Å². The van der Waals surface area contributed by atoms with Crippen LogP contribution in [0.3, 0.4) is 0 Å². The Balaban J connectivity index is 1.68. The molecule has 1 aromatic heterocycles. The molecule has 146 valence electrons. The van der Waals surface area contributed by atoms with Gasteiger partial charge in [0.1, 0.15) is 0 Å². The second kappa shape index (κ2) is 7.49. The molecule has 0 bridgehead atoms. The third kappa shape index (κ3) is 3.73. The monoisotopic (exact) mass is 376 g/mol. The van der Waals surface area contributed by atoms with Gasteiger partial charge in [-0.05, 0) is 56.0 Å². The topological polar surface area (TPSA) is 75.3 Å². The highest BCUT2D eigenvalue weighted by molar-refractivity contribution is 5.86. The van der Waals surface area contributed by atoms with E-state index in [2.05, 4.69) is 40.2 Å². The SMILES string of the molecule is CC(C)(O)[C@H](N)C1CCCCN1c1nccc(-c2ccc3ccccc3c2)n1. The van der Waals surface area contributed by atoms with Gasteiger partial charge in [0.15, 0.2) is 0 Å². The Morgan fingerprint density at radius 2 is 1.89 bits per heavy atom. The van der Waals surface area contributed by atoms with E-state index in [1.54, 1.807) is 13.8 Å². The van der Waals surface area contributed by atoms with Gasteiger partial charge in [0, 0.05) is 24.3 Å². The number of fused-ring (bicyclic) bond motifs is 1. The van der Waals surface area contributed by atoms with E-state index < -0.39 is 5.60 Å². The van der Waals surface area contributed by atoms with Gasteiger partial charge in [0.25, 0.3) is 0 Å². The molecule has 1 saturated heterocycles. The lowest BCUT2D eigenvalue weighted by Crippen LogP contribution is -2.59. The third-order valence-electron chi connectivity index (χ3n) is 5.72. The van der Waals surface area contributed by atoms with Crippen molar-refractivity contribution in [3.8, 4) is 11.3 Å². The second-order valence-corrected chi connectivity index (χ2v) is 8.24. The van der Waals surface area contributed by atoms with Gasteiger partial charge in [0.2, 0.25) is 5.95 Å². The van der Waals surface area contributed by atoms with Crippen LogP contribution < -0.4 is 10.6 Å². The van der Waals surface area contributed by atoms with Crippen molar-refractivity contribution in [2.75, 3.05) is 11.4 Å². The van der Waals surface area contributed by atoms with E-state index in [1.165, 1.54) is 10.8 Å². The number of hydrogen-bond acceptors (Lipinski definition) is 5. The highest BCUT2D eigenvalue weighted by Gasteiger charge is 2.37. The highest BCUT2D eigenvalue weighted by Crippen LogP contribution is 2.29. The van der Waals surface area contributed by atoms with Crippen LogP contribution >= 0.6 is 0 Å². The quantitative estimate of drug-likeness (QED) is 0.725. The number of aliphatic hydroxyl groups is 1. The number of piperidine rings is 1.